The monoisotopic (exact) mass is 230 g/mol. The highest BCUT2D eigenvalue weighted by Gasteiger charge is 2.05. The maximum atomic E-state index is 13.0. The van der Waals surface area contributed by atoms with Crippen molar-refractivity contribution in [1.82, 2.24) is 4.98 Å². The van der Waals surface area contributed by atoms with Crippen molar-refractivity contribution in [3.63, 3.8) is 0 Å². The number of hydrogen-bond donors (Lipinski definition) is 0. The van der Waals surface area contributed by atoms with Crippen molar-refractivity contribution >= 4 is 5.69 Å². The number of hydrogen-bond acceptors (Lipinski definition) is 2. The topological polar surface area (TPSA) is 16.1 Å². The molecule has 1 aromatic carbocycles. The molecule has 0 atom stereocenters. The van der Waals surface area contributed by atoms with Crippen molar-refractivity contribution in [2.75, 3.05) is 11.9 Å². The lowest BCUT2D eigenvalue weighted by Gasteiger charge is -2.20. The van der Waals surface area contributed by atoms with Gasteiger partial charge in [-0.1, -0.05) is 24.3 Å². The van der Waals surface area contributed by atoms with Gasteiger partial charge in [0.1, 0.15) is 0 Å². The van der Waals surface area contributed by atoms with Gasteiger partial charge in [0.2, 0.25) is 5.95 Å². The van der Waals surface area contributed by atoms with Gasteiger partial charge >= 0.3 is 0 Å². The summed E-state index contributed by atoms with van der Waals surface area (Å²) in [6.07, 6.45) is 1.49. The van der Waals surface area contributed by atoms with E-state index in [0.717, 1.165) is 12.2 Å². The third-order valence-electron chi connectivity index (χ3n) is 2.82. The van der Waals surface area contributed by atoms with Gasteiger partial charge < -0.3 is 4.90 Å². The molecule has 0 spiro atoms. The molecule has 2 rings (SSSR count). The predicted octanol–water partition coefficient (Wildman–Crippen LogP) is 3.17. The van der Waals surface area contributed by atoms with Gasteiger partial charge in [-0.25, -0.2) is 4.98 Å². The molecule has 17 heavy (non-hydrogen) atoms. The van der Waals surface area contributed by atoms with Crippen LogP contribution in [0.3, 0.4) is 0 Å². The highest BCUT2D eigenvalue weighted by atomic mass is 19.1. The number of aryl methyl sites for hydroxylation is 1. The smallest absolute Gasteiger partial charge is 0.214 e. The fraction of sp³-hybridized carbons (Fsp3) is 0.214. The Labute approximate surface area is 101 Å². The zero-order chi connectivity index (χ0) is 12.3. The first-order valence-electron chi connectivity index (χ1n) is 5.54. The standard InChI is InChI=1S/C14H15FN2/c1-11-5-3-4-6-12(11)10-17(2)13-7-8-16-14(15)9-13/h3-9H,10H2,1-2H3. The number of nitrogens with zero attached hydrogens (tertiary/aromatic N) is 2. The van der Waals surface area contributed by atoms with E-state index < -0.39 is 5.95 Å². The van der Waals surface area contributed by atoms with Gasteiger partial charge in [0.05, 0.1) is 0 Å². The van der Waals surface area contributed by atoms with Crippen LogP contribution >= 0.6 is 0 Å². The SMILES string of the molecule is Cc1ccccc1CN(C)c1ccnc(F)c1. The Morgan fingerprint density at radius 2 is 2.00 bits per heavy atom. The third-order valence-corrected chi connectivity index (χ3v) is 2.82. The number of pyridine rings is 1. The molecule has 0 N–H and O–H groups in total. The van der Waals surface area contributed by atoms with Gasteiger partial charge in [0.25, 0.3) is 0 Å². The van der Waals surface area contributed by atoms with Crippen LogP contribution < -0.4 is 4.90 Å². The molecule has 3 heteroatoms. The molecule has 0 aliphatic heterocycles. The Hall–Kier alpha value is -1.90. The minimum absolute atomic E-state index is 0.445. The van der Waals surface area contributed by atoms with E-state index in [4.69, 9.17) is 0 Å². The Morgan fingerprint density at radius 3 is 2.71 bits per heavy atom. The third kappa shape index (κ3) is 2.81. The first-order chi connectivity index (χ1) is 8.16. The molecule has 0 aliphatic carbocycles. The van der Waals surface area contributed by atoms with Crippen LogP contribution in [0.2, 0.25) is 0 Å². The van der Waals surface area contributed by atoms with E-state index in [1.807, 2.05) is 24.1 Å². The highest BCUT2D eigenvalue weighted by molar-refractivity contribution is 5.45. The van der Waals surface area contributed by atoms with Crippen LogP contribution in [0.25, 0.3) is 0 Å². The molecule has 2 aromatic rings. The van der Waals surface area contributed by atoms with Gasteiger partial charge in [0.15, 0.2) is 0 Å². The summed E-state index contributed by atoms with van der Waals surface area (Å²) in [5.41, 5.74) is 3.32. The van der Waals surface area contributed by atoms with Gasteiger partial charge in [-0.3, -0.25) is 0 Å². The number of benzene rings is 1. The van der Waals surface area contributed by atoms with Crippen LogP contribution in [-0.2, 0) is 6.54 Å². The summed E-state index contributed by atoms with van der Waals surface area (Å²) in [4.78, 5) is 5.56. The van der Waals surface area contributed by atoms with Crippen LogP contribution in [-0.4, -0.2) is 12.0 Å². The Morgan fingerprint density at radius 1 is 1.24 bits per heavy atom. The molecule has 0 radical (unpaired) electrons. The summed E-state index contributed by atoms with van der Waals surface area (Å²) < 4.78 is 13.0. The van der Waals surface area contributed by atoms with Crippen LogP contribution in [0.15, 0.2) is 42.6 Å². The zero-order valence-electron chi connectivity index (χ0n) is 10.0. The number of rotatable bonds is 3. The van der Waals surface area contributed by atoms with E-state index in [1.54, 1.807) is 6.07 Å². The maximum absolute atomic E-state index is 13.0. The van der Waals surface area contributed by atoms with Gasteiger partial charge in [-0.2, -0.15) is 4.39 Å². The molecule has 0 saturated carbocycles. The minimum atomic E-state index is -0.445. The second-order valence-electron chi connectivity index (χ2n) is 4.12. The van der Waals surface area contributed by atoms with Crippen LogP contribution in [0.5, 0.6) is 0 Å². The lowest BCUT2D eigenvalue weighted by Crippen LogP contribution is -2.17. The maximum Gasteiger partial charge on any atom is 0.214 e. The van der Waals surface area contributed by atoms with E-state index in [0.29, 0.717) is 0 Å². The molecular formula is C14H15FN2. The molecule has 0 amide bonds. The molecule has 0 fully saturated rings. The number of halogens is 1. The van der Waals surface area contributed by atoms with Crippen molar-refractivity contribution in [1.29, 1.82) is 0 Å². The van der Waals surface area contributed by atoms with Crippen molar-refractivity contribution in [2.24, 2.45) is 0 Å². The normalized spacial score (nSPS) is 10.3. The van der Waals surface area contributed by atoms with Gasteiger partial charge in [-0.05, 0) is 24.1 Å². The van der Waals surface area contributed by atoms with Crippen molar-refractivity contribution < 1.29 is 4.39 Å². The average molecular weight is 230 g/mol. The van der Waals surface area contributed by atoms with Gasteiger partial charge in [-0.15, -0.1) is 0 Å². The van der Waals surface area contributed by atoms with Crippen LogP contribution in [0.4, 0.5) is 10.1 Å². The quantitative estimate of drug-likeness (QED) is 0.753. The Bertz CT molecular complexity index is 511. The lowest BCUT2D eigenvalue weighted by molar-refractivity contribution is 0.583. The molecule has 88 valence electrons. The van der Waals surface area contributed by atoms with E-state index in [-0.39, 0.29) is 0 Å². The summed E-state index contributed by atoms with van der Waals surface area (Å²) in [5.74, 6) is -0.445. The predicted molar refractivity (Wildman–Crippen MR) is 67.5 cm³/mol. The fourth-order valence-electron chi connectivity index (χ4n) is 1.76. The second-order valence-corrected chi connectivity index (χ2v) is 4.12. The van der Waals surface area contributed by atoms with E-state index in [9.17, 15) is 4.39 Å². The fourth-order valence-corrected chi connectivity index (χ4v) is 1.76. The summed E-state index contributed by atoms with van der Waals surface area (Å²) in [6, 6.07) is 11.5. The molecular weight excluding hydrogens is 215 g/mol. The first kappa shape index (κ1) is 11.6. The largest absolute Gasteiger partial charge is 0.370 e. The summed E-state index contributed by atoms with van der Waals surface area (Å²) in [6.45, 7) is 2.84. The van der Waals surface area contributed by atoms with Crippen molar-refractivity contribution in [3.05, 3.63) is 59.7 Å². The average Bonchev–Trinajstić information content (AvgIpc) is 2.32. The van der Waals surface area contributed by atoms with E-state index >= 15 is 0 Å². The van der Waals surface area contributed by atoms with E-state index in [2.05, 4.69) is 24.0 Å². The molecule has 1 heterocycles. The molecule has 0 aliphatic rings. The second kappa shape index (κ2) is 4.95. The zero-order valence-corrected chi connectivity index (χ0v) is 10.0. The Kier molecular flexibility index (Phi) is 3.38. The molecule has 0 bridgehead atoms. The highest BCUT2D eigenvalue weighted by Crippen LogP contribution is 2.17. The summed E-state index contributed by atoms with van der Waals surface area (Å²) in [7, 11) is 1.95. The minimum Gasteiger partial charge on any atom is -0.370 e. The summed E-state index contributed by atoms with van der Waals surface area (Å²) in [5, 5.41) is 0. The molecule has 0 unspecified atom stereocenters. The molecule has 1 aromatic heterocycles. The van der Waals surface area contributed by atoms with Crippen molar-refractivity contribution in [2.45, 2.75) is 13.5 Å². The van der Waals surface area contributed by atoms with E-state index in [1.165, 1.54) is 23.4 Å². The van der Waals surface area contributed by atoms with Gasteiger partial charge in [0, 0.05) is 31.5 Å². The van der Waals surface area contributed by atoms with Crippen LogP contribution in [0, 0.1) is 12.9 Å². The number of aromatic nitrogens is 1. The first-order valence-corrected chi connectivity index (χ1v) is 5.54. The Balaban J connectivity index is 2.17. The lowest BCUT2D eigenvalue weighted by atomic mass is 10.1. The number of anilines is 1. The molecule has 0 saturated heterocycles. The molecule has 2 nitrogen and oxygen atoms in total. The summed E-state index contributed by atoms with van der Waals surface area (Å²) >= 11 is 0. The van der Waals surface area contributed by atoms with Crippen LogP contribution in [0.1, 0.15) is 11.1 Å². The van der Waals surface area contributed by atoms with Crippen molar-refractivity contribution in [3.8, 4) is 0 Å².